The minimum absolute atomic E-state index is 0. The van der Waals surface area contributed by atoms with Crippen LogP contribution in [0.3, 0.4) is 0 Å². The van der Waals surface area contributed by atoms with Gasteiger partial charge in [0.25, 0.3) is 0 Å². The van der Waals surface area contributed by atoms with E-state index in [-0.39, 0.29) is 24.0 Å². The highest BCUT2D eigenvalue weighted by atomic mass is 127. The number of nitrogens with one attached hydrogen (secondary N) is 2. The number of aliphatic imine (C=N–C) groups is 1. The number of halogens is 1. The van der Waals surface area contributed by atoms with Crippen LogP contribution in [-0.2, 0) is 17.7 Å². The van der Waals surface area contributed by atoms with Gasteiger partial charge in [0.2, 0.25) is 0 Å². The molecular formula is C23H34IN3O3. The molecule has 166 valence electrons. The Kier molecular flexibility index (Phi) is 12.9. The molecule has 0 amide bonds. The Morgan fingerprint density at radius 1 is 0.967 bits per heavy atom. The molecule has 0 aliphatic heterocycles. The molecule has 0 atom stereocenters. The molecule has 0 aliphatic rings. The minimum atomic E-state index is 0. The molecule has 0 heterocycles. The van der Waals surface area contributed by atoms with Crippen molar-refractivity contribution >= 4 is 29.9 Å². The molecule has 0 fully saturated rings. The molecule has 0 aromatic heterocycles. The zero-order valence-corrected chi connectivity index (χ0v) is 20.7. The van der Waals surface area contributed by atoms with E-state index >= 15 is 0 Å². The first-order valence-corrected chi connectivity index (χ1v) is 10.0. The van der Waals surface area contributed by atoms with Crippen molar-refractivity contribution in [2.75, 3.05) is 40.5 Å². The molecule has 2 aromatic carbocycles. The molecular weight excluding hydrogens is 493 g/mol. The number of hydrogen-bond acceptors (Lipinski definition) is 4. The van der Waals surface area contributed by atoms with Gasteiger partial charge < -0.3 is 24.8 Å². The van der Waals surface area contributed by atoms with Crippen molar-refractivity contribution < 1.29 is 14.2 Å². The smallest absolute Gasteiger partial charge is 0.191 e. The number of aryl methyl sites for hydroxylation is 1. The lowest BCUT2D eigenvalue weighted by molar-refractivity contribution is 0.145. The number of benzene rings is 2. The Morgan fingerprint density at radius 3 is 2.50 bits per heavy atom. The second kappa shape index (κ2) is 14.9. The summed E-state index contributed by atoms with van der Waals surface area (Å²) >= 11 is 0. The molecule has 7 heteroatoms. The third-order valence-corrected chi connectivity index (χ3v) is 4.40. The Bertz CT molecular complexity index is 784. The lowest BCUT2D eigenvalue weighted by Crippen LogP contribution is -2.38. The highest BCUT2D eigenvalue weighted by Gasteiger charge is 2.06. The van der Waals surface area contributed by atoms with E-state index in [0.717, 1.165) is 48.1 Å². The number of hydrogen-bond donors (Lipinski definition) is 2. The first-order chi connectivity index (χ1) is 14.2. The van der Waals surface area contributed by atoms with Gasteiger partial charge in [0.15, 0.2) is 5.96 Å². The number of nitrogens with zero attached hydrogens (tertiary/aromatic N) is 1. The third-order valence-electron chi connectivity index (χ3n) is 4.40. The van der Waals surface area contributed by atoms with Crippen LogP contribution in [0.2, 0.25) is 0 Å². The zero-order valence-electron chi connectivity index (χ0n) is 18.4. The molecule has 2 N–H and O–H groups in total. The van der Waals surface area contributed by atoms with E-state index in [2.05, 4.69) is 42.7 Å². The predicted molar refractivity (Wildman–Crippen MR) is 133 cm³/mol. The first-order valence-electron chi connectivity index (χ1n) is 10.0. The highest BCUT2D eigenvalue weighted by molar-refractivity contribution is 14.0. The van der Waals surface area contributed by atoms with E-state index in [1.54, 1.807) is 14.2 Å². The normalized spacial score (nSPS) is 10.9. The Morgan fingerprint density at radius 2 is 1.77 bits per heavy atom. The molecule has 0 radical (unpaired) electrons. The van der Waals surface area contributed by atoms with Crippen molar-refractivity contribution in [3.63, 3.8) is 0 Å². The SMILES string of the molecule is CCNC(=NCc1ccc(C)cc1OCCOC)NCCc1ccccc1OC.I. The van der Waals surface area contributed by atoms with Crippen LogP contribution in [-0.4, -0.2) is 46.5 Å². The van der Waals surface area contributed by atoms with Gasteiger partial charge in [-0.25, -0.2) is 4.99 Å². The molecule has 0 saturated carbocycles. The van der Waals surface area contributed by atoms with E-state index in [4.69, 9.17) is 19.2 Å². The van der Waals surface area contributed by atoms with E-state index in [0.29, 0.717) is 19.8 Å². The van der Waals surface area contributed by atoms with E-state index < -0.39 is 0 Å². The average Bonchev–Trinajstić information content (AvgIpc) is 2.73. The van der Waals surface area contributed by atoms with Crippen molar-refractivity contribution in [2.24, 2.45) is 4.99 Å². The zero-order chi connectivity index (χ0) is 20.9. The maximum Gasteiger partial charge on any atom is 0.191 e. The van der Waals surface area contributed by atoms with E-state index in [1.807, 2.05) is 24.3 Å². The first kappa shape index (κ1) is 26.0. The number of para-hydroxylation sites is 1. The summed E-state index contributed by atoms with van der Waals surface area (Å²) in [6, 6.07) is 14.3. The lowest BCUT2D eigenvalue weighted by atomic mass is 10.1. The monoisotopic (exact) mass is 527 g/mol. The molecule has 30 heavy (non-hydrogen) atoms. The molecule has 0 unspecified atom stereocenters. The maximum absolute atomic E-state index is 5.87. The Labute approximate surface area is 197 Å². The fraction of sp³-hybridized carbons (Fsp3) is 0.435. The molecule has 0 spiro atoms. The van der Waals surface area contributed by atoms with Crippen LogP contribution in [0, 0.1) is 6.92 Å². The van der Waals surface area contributed by atoms with Crippen LogP contribution in [0.5, 0.6) is 11.5 Å². The molecule has 0 aliphatic carbocycles. The molecule has 0 saturated heterocycles. The summed E-state index contributed by atoms with van der Waals surface area (Å²) in [6.07, 6.45) is 0.852. The van der Waals surface area contributed by atoms with Crippen LogP contribution in [0.4, 0.5) is 0 Å². The molecule has 0 bridgehead atoms. The van der Waals surface area contributed by atoms with E-state index in [9.17, 15) is 0 Å². The van der Waals surface area contributed by atoms with Gasteiger partial charge in [-0.15, -0.1) is 24.0 Å². The highest BCUT2D eigenvalue weighted by Crippen LogP contribution is 2.21. The summed E-state index contributed by atoms with van der Waals surface area (Å²) in [5.41, 5.74) is 3.38. The Balaban J connectivity index is 0.00000450. The molecule has 2 aromatic rings. The van der Waals surface area contributed by atoms with Crippen LogP contribution in [0.25, 0.3) is 0 Å². The largest absolute Gasteiger partial charge is 0.496 e. The van der Waals surface area contributed by atoms with Crippen LogP contribution >= 0.6 is 24.0 Å². The number of rotatable bonds is 11. The predicted octanol–water partition coefficient (Wildman–Crippen LogP) is 3.94. The van der Waals surface area contributed by atoms with Gasteiger partial charge in [-0.1, -0.05) is 30.3 Å². The van der Waals surface area contributed by atoms with Gasteiger partial charge in [-0.05, 0) is 43.5 Å². The summed E-state index contributed by atoms with van der Waals surface area (Å²) in [5, 5.41) is 6.69. The summed E-state index contributed by atoms with van der Waals surface area (Å²) in [6.45, 7) is 7.29. The maximum atomic E-state index is 5.87. The second-order valence-electron chi connectivity index (χ2n) is 6.64. The molecule has 2 rings (SSSR count). The second-order valence-corrected chi connectivity index (χ2v) is 6.64. The van der Waals surface area contributed by atoms with Gasteiger partial charge in [-0.2, -0.15) is 0 Å². The van der Waals surface area contributed by atoms with Gasteiger partial charge in [-0.3, -0.25) is 0 Å². The summed E-state index contributed by atoms with van der Waals surface area (Å²) in [7, 11) is 3.37. The third kappa shape index (κ3) is 8.79. The quantitative estimate of drug-likeness (QED) is 0.201. The van der Waals surface area contributed by atoms with Crippen LogP contribution in [0.15, 0.2) is 47.5 Å². The number of methoxy groups -OCH3 is 2. The minimum Gasteiger partial charge on any atom is -0.496 e. The fourth-order valence-electron chi connectivity index (χ4n) is 2.89. The van der Waals surface area contributed by atoms with Crippen molar-refractivity contribution in [2.45, 2.75) is 26.8 Å². The van der Waals surface area contributed by atoms with Gasteiger partial charge >= 0.3 is 0 Å². The summed E-state index contributed by atoms with van der Waals surface area (Å²) in [5.74, 6) is 2.55. The van der Waals surface area contributed by atoms with Gasteiger partial charge in [0.1, 0.15) is 18.1 Å². The van der Waals surface area contributed by atoms with Gasteiger partial charge in [0.05, 0.1) is 20.3 Å². The topological polar surface area (TPSA) is 64.1 Å². The average molecular weight is 527 g/mol. The number of guanidine groups is 1. The number of ether oxygens (including phenoxy) is 3. The molecule has 6 nitrogen and oxygen atoms in total. The fourth-order valence-corrected chi connectivity index (χ4v) is 2.89. The van der Waals surface area contributed by atoms with Crippen molar-refractivity contribution in [3.8, 4) is 11.5 Å². The van der Waals surface area contributed by atoms with Crippen LogP contribution < -0.4 is 20.1 Å². The van der Waals surface area contributed by atoms with Crippen molar-refractivity contribution in [3.05, 3.63) is 59.2 Å². The summed E-state index contributed by atoms with van der Waals surface area (Å²) in [4.78, 5) is 4.73. The van der Waals surface area contributed by atoms with Crippen LogP contribution in [0.1, 0.15) is 23.6 Å². The van der Waals surface area contributed by atoms with Crippen molar-refractivity contribution in [1.29, 1.82) is 0 Å². The standard InChI is InChI=1S/C23H33N3O3.HI/c1-5-24-23(25-13-12-19-8-6-7-9-21(19)28-4)26-17-20-11-10-18(2)16-22(20)29-15-14-27-3;/h6-11,16H,5,12-15,17H2,1-4H3,(H2,24,25,26);1H. The van der Waals surface area contributed by atoms with Gasteiger partial charge in [0, 0.05) is 25.8 Å². The summed E-state index contributed by atoms with van der Waals surface area (Å²) < 4.78 is 16.4. The Hall–Kier alpha value is -2.00. The van der Waals surface area contributed by atoms with E-state index in [1.165, 1.54) is 5.56 Å². The lowest BCUT2D eigenvalue weighted by Gasteiger charge is -2.14. The van der Waals surface area contributed by atoms with Crippen molar-refractivity contribution in [1.82, 2.24) is 10.6 Å².